The SMILES string of the molecule is O=P(F)(F)OCCCl. The maximum Gasteiger partial charge on any atom is 0.551 e. The number of alkyl halides is 1. The molecule has 0 aromatic carbocycles. The predicted molar refractivity (Wildman–Crippen MR) is 26.5 cm³/mol. The van der Waals surface area contributed by atoms with E-state index in [0.29, 0.717) is 0 Å². The van der Waals surface area contributed by atoms with Crippen LogP contribution >= 0.6 is 19.6 Å². The van der Waals surface area contributed by atoms with Gasteiger partial charge in [-0.2, -0.15) is 0 Å². The van der Waals surface area contributed by atoms with E-state index < -0.39 is 7.99 Å². The van der Waals surface area contributed by atoms with Gasteiger partial charge in [0, 0.05) is 5.88 Å². The van der Waals surface area contributed by atoms with Crippen LogP contribution in [-0.4, -0.2) is 12.5 Å². The minimum Gasteiger partial charge on any atom is -0.279 e. The van der Waals surface area contributed by atoms with Gasteiger partial charge in [-0.05, 0) is 0 Å². The van der Waals surface area contributed by atoms with E-state index in [2.05, 4.69) is 4.52 Å². The molecule has 0 radical (unpaired) electrons. The molecule has 0 aliphatic carbocycles. The zero-order valence-corrected chi connectivity index (χ0v) is 5.46. The van der Waals surface area contributed by atoms with Gasteiger partial charge < -0.3 is 0 Å². The van der Waals surface area contributed by atoms with Gasteiger partial charge in [-0.1, -0.05) is 0 Å². The molecular formula is C2H4ClF2O2P. The Morgan fingerprint density at radius 3 is 2.25 bits per heavy atom. The van der Waals surface area contributed by atoms with Crippen LogP contribution < -0.4 is 0 Å². The average Bonchev–Trinajstić information content (AvgIpc) is 1.59. The highest BCUT2D eigenvalue weighted by Crippen LogP contribution is 2.49. The highest BCUT2D eigenvalue weighted by molar-refractivity contribution is 7.47. The van der Waals surface area contributed by atoms with Gasteiger partial charge in [0.05, 0.1) is 6.61 Å². The Bertz CT molecular complexity index is 102. The largest absolute Gasteiger partial charge is 0.551 e. The van der Waals surface area contributed by atoms with Crippen LogP contribution in [0.4, 0.5) is 8.39 Å². The third-order valence-corrected chi connectivity index (χ3v) is 0.956. The second-order valence-electron chi connectivity index (χ2n) is 0.937. The minimum atomic E-state index is -5.27. The first-order chi connectivity index (χ1) is 3.56. The lowest BCUT2D eigenvalue weighted by Crippen LogP contribution is -1.86. The van der Waals surface area contributed by atoms with Crippen molar-refractivity contribution in [3.63, 3.8) is 0 Å². The third-order valence-electron chi connectivity index (χ3n) is 0.319. The monoisotopic (exact) mass is 164 g/mol. The molecular weight excluding hydrogens is 160 g/mol. The first-order valence-corrected chi connectivity index (χ1v) is 3.70. The number of halogens is 3. The van der Waals surface area contributed by atoms with E-state index in [4.69, 9.17) is 11.6 Å². The molecule has 0 heterocycles. The molecule has 0 unspecified atom stereocenters. The minimum absolute atomic E-state index is 0.0716. The van der Waals surface area contributed by atoms with Crippen LogP contribution in [0.15, 0.2) is 0 Å². The van der Waals surface area contributed by atoms with E-state index in [9.17, 15) is 13.0 Å². The molecule has 0 aromatic rings. The zero-order valence-electron chi connectivity index (χ0n) is 3.81. The van der Waals surface area contributed by atoms with Crippen molar-refractivity contribution in [1.29, 1.82) is 0 Å². The van der Waals surface area contributed by atoms with Crippen LogP contribution in [0, 0.1) is 0 Å². The summed E-state index contributed by atoms with van der Waals surface area (Å²) in [4.78, 5) is 0. The summed E-state index contributed by atoms with van der Waals surface area (Å²) in [5.74, 6) is -0.0716. The van der Waals surface area contributed by atoms with Crippen molar-refractivity contribution in [2.75, 3.05) is 12.5 Å². The van der Waals surface area contributed by atoms with Gasteiger partial charge in [-0.25, -0.2) is 4.57 Å². The molecule has 0 atom stereocenters. The molecule has 0 fully saturated rings. The maximum atomic E-state index is 11.2. The summed E-state index contributed by atoms with van der Waals surface area (Å²) < 4.78 is 35.2. The fourth-order valence-corrected chi connectivity index (χ4v) is 0.629. The summed E-state index contributed by atoms with van der Waals surface area (Å²) >= 11 is 4.93. The molecule has 0 saturated heterocycles. The topological polar surface area (TPSA) is 26.3 Å². The van der Waals surface area contributed by atoms with E-state index in [1.165, 1.54) is 0 Å². The van der Waals surface area contributed by atoms with Gasteiger partial charge in [0.1, 0.15) is 0 Å². The molecule has 2 nitrogen and oxygen atoms in total. The summed E-state index contributed by atoms with van der Waals surface area (Å²) in [5.41, 5.74) is 0. The molecule has 0 aliphatic rings. The summed E-state index contributed by atoms with van der Waals surface area (Å²) in [6.07, 6.45) is 0. The predicted octanol–water partition coefficient (Wildman–Crippen LogP) is 2.29. The van der Waals surface area contributed by atoms with Crippen molar-refractivity contribution < 1.29 is 17.5 Å². The number of hydrogen-bond donors (Lipinski definition) is 0. The van der Waals surface area contributed by atoms with Crippen LogP contribution in [0.1, 0.15) is 0 Å². The number of hydrogen-bond acceptors (Lipinski definition) is 2. The fraction of sp³-hybridized carbons (Fsp3) is 1.00. The van der Waals surface area contributed by atoms with Gasteiger partial charge in [0.15, 0.2) is 0 Å². The molecule has 0 N–H and O–H groups in total. The fourth-order valence-electron chi connectivity index (χ4n) is 0.141. The smallest absolute Gasteiger partial charge is 0.279 e. The van der Waals surface area contributed by atoms with Crippen molar-refractivity contribution >= 4 is 19.6 Å². The molecule has 6 heteroatoms. The van der Waals surface area contributed by atoms with Crippen molar-refractivity contribution in [3.8, 4) is 0 Å². The summed E-state index contributed by atoms with van der Waals surface area (Å²) in [7, 11) is -5.27. The van der Waals surface area contributed by atoms with E-state index in [-0.39, 0.29) is 12.5 Å². The normalized spacial score (nSPS) is 11.9. The average molecular weight is 164 g/mol. The maximum absolute atomic E-state index is 11.2. The Hall–Kier alpha value is 0.340. The Kier molecular flexibility index (Phi) is 3.53. The second kappa shape index (κ2) is 3.38. The Morgan fingerprint density at radius 1 is 1.62 bits per heavy atom. The van der Waals surface area contributed by atoms with E-state index in [1.807, 2.05) is 0 Å². The molecule has 0 bridgehead atoms. The molecule has 0 aromatic heterocycles. The van der Waals surface area contributed by atoms with Gasteiger partial charge in [0.2, 0.25) is 0 Å². The first kappa shape index (κ1) is 8.34. The van der Waals surface area contributed by atoms with Crippen molar-refractivity contribution in [1.82, 2.24) is 0 Å². The van der Waals surface area contributed by atoms with Gasteiger partial charge >= 0.3 is 7.99 Å². The van der Waals surface area contributed by atoms with Crippen LogP contribution in [0.2, 0.25) is 0 Å². The highest BCUT2D eigenvalue weighted by atomic mass is 35.5. The van der Waals surface area contributed by atoms with Crippen molar-refractivity contribution in [2.24, 2.45) is 0 Å². The lowest BCUT2D eigenvalue weighted by atomic mass is 10.9. The second-order valence-corrected chi connectivity index (χ2v) is 2.40. The molecule has 0 rings (SSSR count). The molecule has 0 amide bonds. The molecule has 8 heavy (non-hydrogen) atoms. The summed E-state index contributed by atoms with van der Waals surface area (Å²) in [6.45, 7) is -0.369. The standard InChI is InChI=1S/C2H4ClF2O2P/c3-1-2-7-8(4,5)6/h1-2H2. The van der Waals surface area contributed by atoms with Crippen LogP contribution in [0.3, 0.4) is 0 Å². The lowest BCUT2D eigenvalue weighted by molar-refractivity contribution is 0.272. The Balaban J connectivity index is 3.26. The lowest BCUT2D eigenvalue weighted by Gasteiger charge is -1.94. The van der Waals surface area contributed by atoms with Crippen LogP contribution in [0.5, 0.6) is 0 Å². The molecule has 0 aliphatic heterocycles. The first-order valence-electron chi connectivity index (χ1n) is 1.76. The third kappa shape index (κ3) is 6.34. The molecule has 50 valence electrons. The highest BCUT2D eigenvalue weighted by Gasteiger charge is 2.18. The van der Waals surface area contributed by atoms with Gasteiger partial charge in [-0.3, -0.25) is 4.52 Å². The van der Waals surface area contributed by atoms with E-state index in [1.54, 1.807) is 0 Å². The molecule has 0 saturated carbocycles. The zero-order chi connectivity index (χ0) is 6.62. The Labute approximate surface area is 50.5 Å². The Morgan fingerprint density at radius 2 is 2.12 bits per heavy atom. The quantitative estimate of drug-likeness (QED) is 0.473. The van der Waals surface area contributed by atoms with Crippen molar-refractivity contribution in [2.45, 2.75) is 0 Å². The van der Waals surface area contributed by atoms with Crippen LogP contribution in [0.25, 0.3) is 0 Å². The summed E-state index contributed by atoms with van der Waals surface area (Å²) in [6, 6.07) is 0. The number of rotatable bonds is 3. The van der Waals surface area contributed by atoms with Crippen LogP contribution in [-0.2, 0) is 9.09 Å². The van der Waals surface area contributed by atoms with E-state index >= 15 is 0 Å². The van der Waals surface area contributed by atoms with E-state index in [0.717, 1.165) is 0 Å². The molecule has 0 spiro atoms. The van der Waals surface area contributed by atoms with Gasteiger partial charge in [0.25, 0.3) is 0 Å². The summed E-state index contributed by atoms with van der Waals surface area (Å²) in [5, 5.41) is 0. The van der Waals surface area contributed by atoms with Crippen molar-refractivity contribution in [3.05, 3.63) is 0 Å². The van der Waals surface area contributed by atoms with Gasteiger partial charge in [-0.15, -0.1) is 20.0 Å².